The normalized spacial score (nSPS) is 15.5. The minimum Gasteiger partial charge on any atom is -0.456 e. The molecule has 0 atom stereocenters. The zero-order valence-electron chi connectivity index (χ0n) is 31.1. The first-order valence-corrected chi connectivity index (χ1v) is 20.1. The number of fused-ring (bicyclic) bond motifs is 11. The summed E-state index contributed by atoms with van der Waals surface area (Å²) in [5.41, 5.74) is 17.9. The van der Waals surface area contributed by atoms with Gasteiger partial charge in [-0.3, -0.25) is 0 Å². The number of benzene rings is 8. The Bertz CT molecular complexity index is 2940. The van der Waals surface area contributed by atoms with E-state index in [2.05, 4.69) is 193 Å². The lowest BCUT2D eigenvalue weighted by Gasteiger charge is -2.35. The molecule has 0 amide bonds. The van der Waals surface area contributed by atoms with Gasteiger partial charge in [0.05, 0.1) is 22.2 Å². The first-order chi connectivity index (χ1) is 27.8. The van der Waals surface area contributed by atoms with Gasteiger partial charge < -0.3 is 9.32 Å². The lowest BCUT2D eigenvalue weighted by Crippen LogP contribution is -2.29. The van der Waals surface area contributed by atoms with Crippen molar-refractivity contribution in [3.05, 3.63) is 221 Å². The number of rotatable bonds is 5. The Kier molecular flexibility index (Phi) is 6.75. The molecule has 1 spiro atoms. The number of hydrogen-bond acceptors (Lipinski definition) is 2. The molecule has 2 nitrogen and oxygen atoms in total. The molecule has 0 N–H and O–H groups in total. The number of para-hydroxylation sites is 2. The first kappa shape index (κ1) is 31.7. The highest BCUT2D eigenvalue weighted by Gasteiger charge is 2.49. The minimum atomic E-state index is -0.599. The quantitative estimate of drug-likeness (QED) is 0.176. The number of anilines is 3. The molecular formula is C54H39NO. The van der Waals surface area contributed by atoms with E-state index in [1.54, 1.807) is 0 Å². The largest absolute Gasteiger partial charge is 0.456 e. The molecule has 2 heteroatoms. The van der Waals surface area contributed by atoms with Crippen LogP contribution in [0.5, 0.6) is 0 Å². The number of nitrogens with zero attached hydrogens (tertiary/aromatic N) is 1. The summed E-state index contributed by atoms with van der Waals surface area (Å²) in [5.74, 6) is 0. The van der Waals surface area contributed by atoms with Crippen LogP contribution in [0.1, 0.15) is 59.1 Å². The third-order valence-electron chi connectivity index (χ3n) is 13.3. The average molecular weight is 718 g/mol. The van der Waals surface area contributed by atoms with Crippen LogP contribution in [0.3, 0.4) is 0 Å². The molecule has 12 rings (SSSR count). The van der Waals surface area contributed by atoms with Crippen LogP contribution >= 0.6 is 0 Å². The van der Waals surface area contributed by atoms with Crippen molar-refractivity contribution in [2.75, 3.05) is 4.90 Å². The van der Waals surface area contributed by atoms with Gasteiger partial charge >= 0.3 is 0 Å². The maximum absolute atomic E-state index is 7.23. The first-order valence-electron chi connectivity index (χ1n) is 20.1. The van der Waals surface area contributed by atoms with Crippen LogP contribution in [0.4, 0.5) is 17.1 Å². The summed E-state index contributed by atoms with van der Waals surface area (Å²) in [7, 11) is 0. The lowest BCUT2D eigenvalue weighted by molar-refractivity contribution is 0.550. The maximum atomic E-state index is 7.23. The van der Waals surface area contributed by atoms with Crippen molar-refractivity contribution in [1.29, 1.82) is 0 Å². The fourth-order valence-electron chi connectivity index (χ4n) is 11.1. The van der Waals surface area contributed by atoms with Crippen molar-refractivity contribution in [1.82, 2.24) is 0 Å². The van der Waals surface area contributed by atoms with Crippen LogP contribution in [0, 0.1) is 0 Å². The molecule has 8 aromatic carbocycles. The van der Waals surface area contributed by atoms with Crippen molar-refractivity contribution < 1.29 is 4.42 Å². The van der Waals surface area contributed by atoms with Gasteiger partial charge in [-0.1, -0.05) is 171 Å². The molecule has 0 aliphatic heterocycles. The van der Waals surface area contributed by atoms with Gasteiger partial charge in [0.2, 0.25) is 0 Å². The second kappa shape index (κ2) is 11.9. The summed E-state index contributed by atoms with van der Waals surface area (Å²) in [5, 5.41) is 2.24. The second-order valence-corrected chi connectivity index (χ2v) is 15.8. The van der Waals surface area contributed by atoms with Crippen LogP contribution in [-0.2, 0) is 10.8 Å². The standard InChI is InChI=1S/C54H39NO/c1-3-18-36(19-4-1)54(43-27-12-7-22-38(43)39-23-8-13-28-44(39)54)46-32-33-48(51-41-25-10-14-31-49(41)56-52(46)51)55(37-20-5-2-6-21-37)47-30-17-29-45-50(47)40-24-9-11-26-42(40)53(45)34-15-16-35-53/h1-14,17-33H,15-16,34-35H2. The molecule has 1 saturated carbocycles. The molecule has 3 aliphatic rings. The molecule has 3 aliphatic carbocycles. The highest BCUT2D eigenvalue weighted by Crippen LogP contribution is 2.62. The predicted octanol–water partition coefficient (Wildman–Crippen LogP) is 14.3. The summed E-state index contributed by atoms with van der Waals surface area (Å²) in [6.45, 7) is 0. The fourth-order valence-corrected chi connectivity index (χ4v) is 11.1. The highest BCUT2D eigenvalue weighted by molar-refractivity contribution is 6.16. The van der Waals surface area contributed by atoms with Gasteiger partial charge in [0.1, 0.15) is 11.2 Å². The molecule has 9 aromatic rings. The molecule has 56 heavy (non-hydrogen) atoms. The zero-order chi connectivity index (χ0) is 36.8. The summed E-state index contributed by atoms with van der Waals surface area (Å²) in [6, 6.07) is 69.5. The van der Waals surface area contributed by atoms with Gasteiger partial charge in [-0.05, 0) is 87.7 Å². The SMILES string of the molecule is c1ccc(N(c2cccc3c2-c2ccccc2C32CCCC2)c2ccc(C3(c4ccccc4)c4ccccc4-c4ccccc43)c3oc4ccccc4c23)cc1. The fraction of sp³-hybridized carbons (Fsp3) is 0.111. The third kappa shape index (κ3) is 4.11. The predicted molar refractivity (Wildman–Crippen MR) is 230 cm³/mol. The van der Waals surface area contributed by atoms with Crippen molar-refractivity contribution in [3.8, 4) is 22.3 Å². The topological polar surface area (TPSA) is 16.4 Å². The summed E-state index contributed by atoms with van der Waals surface area (Å²) in [4.78, 5) is 2.52. The van der Waals surface area contributed by atoms with E-state index in [-0.39, 0.29) is 5.41 Å². The van der Waals surface area contributed by atoms with Gasteiger partial charge in [-0.15, -0.1) is 0 Å². The lowest BCUT2D eigenvalue weighted by atomic mass is 9.67. The molecule has 0 unspecified atom stereocenters. The van der Waals surface area contributed by atoms with Gasteiger partial charge in [-0.25, -0.2) is 0 Å². The summed E-state index contributed by atoms with van der Waals surface area (Å²) in [6.07, 6.45) is 4.92. The van der Waals surface area contributed by atoms with Crippen molar-refractivity contribution >= 4 is 39.0 Å². The molecule has 1 fully saturated rings. The Hall–Kier alpha value is -6.64. The Balaban J connectivity index is 1.20. The molecule has 0 bridgehead atoms. The number of furan rings is 1. The Morgan fingerprint density at radius 1 is 0.429 bits per heavy atom. The van der Waals surface area contributed by atoms with Gasteiger partial charge in [0.15, 0.2) is 0 Å². The Morgan fingerprint density at radius 3 is 1.75 bits per heavy atom. The molecule has 0 saturated heterocycles. The van der Waals surface area contributed by atoms with E-state index in [1.807, 2.05) is 0 Å². The van der Waals surface area contributed by atoms with Crippen LogP contribution in [0.15, 0.2) is 192 Å². The smallest absolute Gasteiger partial charge is 0.142 e. The van der Waals surface area contributed by atoms with Gasteiger partial charge in [0.25, 0.3) is 0 Å². The molecule has 1 heterocycles. The third-order valence-corrected chi connectivity index (χ3v) is 13.3. The van der Waals surface area contributed by atoms with Crippen molar-refractivity contribution in [2.45, 2.75) is 36.5 Å². The van der Waals surface area contributed by atoms with E-state index in [1.165, 1.54) is 81.4 Å². The number of hydrogen-bond donors (Lipinski definition) is 0. The maximum Gasteiger partial charge on any atom is 0.142 e. The zero-order valence-corrected chi connectivity index (χ0v) is 31.1. The minimum absolute atomic E-state index is 0.0666. The summed E-state index contributed by atoms with van der Waals surface area (Å²) >= 11 is 0. The highest BCUT2D eigenvalue weighted by atomic mass is 16.3. The molecule has 0 radical (unpaired) electrons. The van der Waals surface area contributed by atoms with E-state index >= 15 is 0 Å². The van der Waals surface area contributed by atoms with Crippen molar-refractivity contribution in [2.24, 2.45) is 0 Å². The van der Waals surface area contributed by atoms with Gasteiger partial charge in [0, 0.05) is 27.6 Å². The van der Waals surface area contributed by atoms with E-state index in [4.69, 9.17) is 4.42 Å². The molecule has 266 valence electrons. The monoisotopic (exact) mass is 717 g/mol. The van der Waals surface area contributed by atoms with E-state index in [9.17, 15) is 0 Å². The van der Waals surface area contributed by atoms with Crippen LogP contribution in [-0.4, -0.2) is 0 Å². The molecular weight excluding hydrogens is 679 g/mol. The summed E-state index contributed by atoms with van der Waals surface area (Å²) < 4.78 is 7.23. The van der Waals surface area contributed by atoms with Crippen LogP contribution in [0.2, 0.25) is 0 Å². The van der Waals surface area contributed by atoms with Crippen molar-refractivity contribution in [3.63, 3.8) is 0 Å². The van der Waals surface area contributed by atoms with E-state index in [0.717, 1.165) is 38.9 Å². The van der Waals surface area contributed by atoms with E-state index < -0.39 is 5.41 Å². The van der Waals surface area contributed by atoms with Gasteiger partial charge in [-0.2, -0.15) is 0 Å². The Labute approximate surface area is 327 Å². The molecule has 1 aromatic heterocycles. The van der Waals surface area contributed by atoms with E-state index in [0.29, 0.717) is 0 Å². The van der Waals surface area contributed by atoms with Crippen LogP contribution < -0.4 is 4.90 Å². The average Bonchev–Trinajstić information content (AvgIpc) is 4.04. The second-order valence-electron chi connectivity index (χ2n) is 15.8. The Morgan fingerprint density at radius 2 is 1.02 bits per heavy atom. The van der Waals surface area contributed by atoms with Crippen LogP contribution in [0.25, 0.3) is 44.2 Å².